The number of hydrogen-bond acceptors (Lipinski definition) is 3. The zero-order valence-electron chi connectivity index (χ0n) is 11.2. The van der Waals surface area contributed by atoms with E-state index in [0.29, 0.717) is 5.75 Å². The molecule has 0 saturated heterocycles. The van der Waals surface area contributed by atoms with E-state index < -0.39 is 13.6 Å². The monoisotopic (exact) mass is 403 g/mol. The van der Waals surface area contributed by atoms with Crippen LogP contribution in [0.25, 0.3) is 10.8 Å². The van der Waals surface area contributed by atoms with Crippen molar-refractivity contribution in [2.75, 3.05) is 6.66 Å². The fourth-order valence-corrected chi connectivity index (χ4v) is 3.59. The van der Waals surface area contributed by atoms with Crippen molar-refractivity contribution in [1.82, 2.24) is 2.88 Å². The molecule has 0 heterocycles. The van der Waals surface area contributed by atoms with Gasteiger partial charge in [-0.2, -0.15) is 2.88 Å². The van der Waals surface area contributed by atoms with Gasteiger partial charge in [-0.15, -0.1) is 0 Å². The molecule has 0 saturated carbocycles. The minimum atomic E-state index is -3.09. The van der Waals surface area contributed by atoms with E-state index in [0.717, 1.165) is 17.1 Å². The summed E-state index contributed by atoms with van der Waals surface area (Å²) in [5, 5.41) is 1.93. The van der Waals surface area contributed by atoms with Gasteiger partial charge in [0.05, 0.1) is 6.04 Å². The second-order valence-corrected chi connectivity index (χ2v) is 8.56. The zero-order valence-corrected chi connectivity index (χ0v) is 14.2. The van der Waals surface area contributed by atoms with E-state index in [-0.39, 0.29) is 0 Å². The number of rotatable bonds is 5. The summed E-state index contributed by atoms with van der Waals surface area (Å²) in [6.45, 7) is 3.20. The molecule has 0 fully saturated rings. The minimum absolute atomic E-state index is 0.471. The first kappa shape index (κ1) is 15.5. The molecule has 2 aromatic rings. The average Bonchev–Trinajstić information content (AvgIpc) is 2.45. The molecule has 0 aliphatic carbocycles. The highest BCUT2D eigenvalue weighted by Crippen LogP contribution is 2.51. The summed E-state index contributed by atoms with van der Waals surface area (Å²) in [6.07, 6.45) is 0.745. The maximum absolute atomic E-state index is 12.7. The number of nitrogens with zero attached hydrogens (tertiary/aromatic N) is 1. The quantitative estimate of drug-likeness (QED) is 0.324. The summed E-state index contributed by atoms with van der Waals surface area (Å²) in [6, 6.07) is 12.9. The predicted octanol–water partition coefficient (Wildman–Crippen LogP) is 4.28. The third-order valence-corrected chi connectivity index (χ3v) is 7.72. The van der Waals surface area contributed by atoms with Gasteiger partial charge in [0.15, 0.2) is 0 Å². The third-order valence-electron chi connectivity index (χ3n) is 2.90. The second-order valence-electron chi connectivity index (χ2n) is 4.54. The first-order valence-corrected chi connectivity index (χ1v) is 9.10. The lowest BCUT2D eigenvalue weighted by Crippen LogP contribution is -2.23. The van der Waals surface area contributed by atoms with Crippen molar-refractivity contribution in [1.29, 1.82) is 0 Å². The van der Waals surface area contributed by atoms with Crippen LogP contribution in [-0.4, -0.2) is 21.9 Å². The predicted molar refractivity (Wildman–Crippen MR) is 89.5 cm³/mol. The summed E-state index contributed by atoms with van der Waals surface area (Å²) in [5.74, 6) is 0.564. The molecule has 0 amide bonds. The van der Waals surface area contributed by atoms with Gasteiger partial charge in [-0.1, -0.05) is 36.4 Å². The number of halogens is 1. The molecule has 20 heavy (non-hydrogen) atoms. The van der Waals surface area contributed by atoms with Crippen molar-refractivity contribution in [3.8, 4) is 5.75 Å². The number of aldehydes is 1. The van der Waals surface area contributed by atoms with Gasteiger partial charge in [-0.05, 0) is 18.4 Å². The Morgan fingerprint density at radius 3 is 2.60 bits per heavy atom. The van der Waals surface area contributed by atoms with Crippen LogP contribution >= 0.6 is 30.4 Å². The van der Waals surface area contributed by atoms with Crippen molar-refractivity contribution >= 4 is 47.4 Å². The van der Waals surface area contributed by atoms with Gasteiger partial charge in [-0.3, -0.25) is 4.57 Å². The maximum atomic E-state index is 12.7. The molecule has 6 heteroatoms. The molecule has 0 aromatic heterocycles. The fraction of sp³-hybridized carbons (Fsp3) is 0.214. The number of fused-ring (bicyclic) bond motifs is 1. The van der Waals surface area contributed by atoms with E-state index in [1.165, 1.54) is 9.55 Å². The van der Waals surface area contributed by atoms with E-state index in [2.05, 4.69) is 0 Å². The Balaban J connectivity index is 2.37. The van der Waals surface area contributed by atoms with Crippen LogP contribution in [0.15, 0.2) is 42.5 Å². The standard InChI is InChI=1S/C14H15INO3P/c1-11(10-17)16(15)20(2,18)19-14-9-5-7-12-6-3-4-8-13(12)14/h3-11H,1-2H3/t11-,20?/m1/s1. The van der Waals surface area contributed by atoms with Crippen LogP contribution in [0, 0.1) is 0 Å². The largest absolute Gasteiger partial charge is 0.432 e. The highest BCUT2D eigenvalue weighted by molar-refractivity contribution is 14.1. The summed E-state index contributed by atoms with van der Waals surface area (Å²) < 4.78 is 19.8. The molecule has 0 radical (unpaired) electrons. The van der Waals surface area contributed by atoms with E-state index in [4.69, 9.17) is 4.52 Å². The fourth-order valence-electron chi connectivity index (χ4n) is 1.88. The van der Waals surface area contributed by atoms with Gasteiger partial charge in [0.2, 0.25) is 0 Å². The molecular formula is C14H15INO3P. The summed E-state index contributed by atoms with van der Waals surface area (Å²) in [4.78, 5) is 10.8. The number of carbonyl (C=O) groups is 1. The summed E-state index contributed by atoms with van der Waals surface area (Å²) in [5.41, 5.74) is 0. The molecule has 1 unspecified atom stereocenters. The van der Waals surface area contributed by atoms with Crippen molar-refractivity contribution < 1.29 is 13.9 Å². The molecule has 0 aliphatic rings. The molecule has 0 aliphatic heterocycles. The Bertz CT molecular complexity index is 671. The number of carbonyl (C=O) groups excluding carboxylic acids is 1. The van der Waals surface area contributed by atoms with E-state index in [1.54, 1.807) is 13.0 Å². The van der Waals surface area contributed by atoms with Gasteiger partial charge in [0.1, 0.15) is 12.0 Å². The Hall–Kier alpha value is -0.910. The normalized spacial score (nSPS) is 15.8. The van der Waals surface area contributed by atoms with E-state index in [1.807, 2.05) is 59.3 Å². The van der Waals surface area contributed by atoms with E-state index >= 15 is 0 Å². The lowest BCUT2D eigenvalue weighted by molar-refractivity contribution is -0.109. The first-order valence-electron chi connectivity index (χ1n) is 6.11. The van der Waals surface area contributed by atoms with Crippen LogP contribution in [0.4, 0.5) is 0 Å². The average molecular weight is 403 g/mol. The minimum Gasteiger partial charge on any atom is -0.432 e. The highest BCUT2D eigenvalue weighted by atomic mass is 127. The summed E-state index contributed by atoms with van der Waals surface area (Å²) in [7, 11) is -3.09. The van der Waals surface area contributed by atoms with Crippen molar-refractivity contribution in [3.05, 3.63) is 42.5 Å². The van der Waals surface area contributed by atoms with Gasteiger partial charge >= 0.3 is 7.52 Å². The Morgan fingerprint density at radius 2 is 1.90 bits per heavy atom. The van der Waals surface area contributed by atoms with Crippen molar-refractivity contribution in [2.24, 2.45) is 0 Å². The first-order chi connectivity index (χ1) is 9.45. The van der Waals surface area contributed by atoms with Gasteiger partial charge < -0.3 is 9.32 Å². The molecule has 2 atom stereocenters. The summed E-state index contributed by atoms with van der Waals surface area (Å²) >= 11 is 1.87. The lowest BCUT2D eigenvalue weighted by atomic mass is 10.1. The lowest BCUT2D eigenvalue weighted by Gasteiger charge is -2.25. The smallest absolute Gasteiger partial charge is 0.325 e. The molecule has 0 N–H and O–H groups in total. The Kier molecular flexibility index (Phi) is 4.83. The molecule has 2 aromatic carbocycles. The van der Waals surface area contributed by atoms with E-state index in [9.17, 15) is 9.36 Å². The van der Waals surface area contributed by atoms with Crippen LogP contribution in [-0.2, 0) is 9.36 Å². The number of hydrogen-bond donors (Lipinski definition) is 0. The van der Waals surface area contributed by atoms with Gasteiger partial charge in [0, 0.05) is 34.9 Å². The van der Waals surface area contributed by atoms with Crippen LogP contribution < -0.4 is 4.52 Å². The van der Waals surface area contributed by atoms with Crippen molar-refractivity contribution in [2.45, 2.75) is 13.0 Å². The molecule has 0 bridgehead atoms. The maximum Gasteiger partial charge on any atom is 0.325 e. The second kappa shape index (κ2) is 6.24. The zero-order chi connectivity index (χ0) is 14.8. The molecular weight excluding hydrogens is 388 g/mol. The van der Waals surface area contributed by atoms with Crippen LogP contribution in [0.1, 0.15) is 6.92 Å². The topological polar surface area (TPSA) is 46.6 Å². The molecule has 4 nitrogen and oxygen atoms in total. The molecule has 0 spiro atoms. The molecule has 2 rings (SSSR count). The molecule has 106 valence electrons. The highest BCUT2D eigenvalue weighted by Gasteiger charge is 2.30. The Morgan fingerprint density at radius 1 is 1.25 bits per heavy atom. The van der Waals surface area contributed by atoms with Crippen LogP contribution in [0.2, 0.25) is 0 Å². The van der Waals surface area contributed by atoms with Gasteiger partial charge in [-0.25, -0.2) is 0 Å². The van der Waals surface area contributed by atoms with Crippen LogP contribution in [0.5, 0.6) is 5.75 Å². The van der Waals surface area contributed by atoms with Gasteiger partial charge in [0.25, 0.3) is 0 Å². The SMILES string of the molecule is C[C@H](C=O)N(I)P(C)(=O)Oc1cccc2ccccc12. The van der Waals surface area contributed by atoms with Crippen LogP contribution in [0.3, 0.4) is 0 Å². The number of benzene rings is 2. The van der Waals surface area contributed by atoms with Crippen molar-refractivity contribution in [3.63, 3.8) is 0 Å². The Labute approximate surface area is 132 Å². The third kappa shape index (κ3) is 3.22.